The molecule has 1 aromatic carbocycles. The van der Waals surface area contributed by atoms with Crippen molar-refractivity contribution in [3.8, 4) is 5.75 Å². The van der Waals surface area contributed by atoms with Crippen molar-refractivity contribution in [3.63, 3.8) is 0 Å². The molecule has 1 amide bonds. The van der Waals surface area contributed by atoms with E-state index < -0.39 is 11.7 Å². The Morgan fingerprint density at radius 2 is 2.00 bits per heavy atom. The smallest absolute Gasteiger partial charge is 0.407 e. The molecule has 1 aromatic rings. The zero-order valence-electron chi connectivity index (χ0n) is 13.7. The van der Waals surface area contributed by atoms with Gasteiger partial charge in [0.05, 0.1) is 7.11 Å². The molecular formula is C16H26N2O3. The fourth-order valence-electron chi connectivity index (χ4n) is 1.85. The summed E-state index contributed by atoms with van der Waals surface area (Å²) in [5.74, 6) is 0.861. The Morgan fingerprint density at radius 3 is 2.52 bits per heavy atom. The van der Waals surface area contributed by atoms with Gasteiger partial charge in [-0.2, -0.15) is 0 Å². The number of carbonyl (C=O) groups excluding carboxylic acids is 1. The van der Waals surface area contributed by atoms with Crippen molar-refractivity contribution < 1.29 is 14.3 Å². The molecule has 0 radical (unpaired) electrons. The summed E-state index contributed by atoms with van der Waals surface area (Å²) in [4.78, 5) is 11.6. The van der Waals surface area contributed by atoms with Crippen molar-refractivity contribution in [2.45, 2.75) is 46.3 Å². The Labute approximate surface area is 127 Å². The van der Waals surface area contributed by atoms with Gasteiger partial charge in [-0.1, -0.05) is 0 Å². The van der Waals surface area contributed by atoms with Gasteiger partial charge in [-0.05, 0) is 58.4 Å². The lowest BCUT2D eigenvalue weighted by molar-refractivity contribution is 0.0526. The zero-order valence-corrected chi connectivity index (χ0v) is 13.7. The van der Waals surface area contributed by atoms with Gasteiger partial charge in [0.25, 0.3) is 0 Å². The molecule has 21 heavy (non-hydrogen) atoms. The number of carbonyl (C=O) groups is 1. The second-order valence-electron chi connectivity index (χ2n) is 6.11. The highest BCUT2D eigenvalue weighted by molar-refractivity contribution is 5.67. The molecule has 1 atom stereocenters. The summed E-state index contributed by atoms with van der Waals surface area (Å²) >= 11 is 0. The first-order chi connectivity index (χ1) is 9.71. The van der Waals surface area contributed by atoms with E-state index in [-0.39, 0.29) is 6.04 Å². The molecule has 118 valence electrons. The number of amides is 1. The van der Waals surface area contributed by atoms with Crippen LogP contribution in [-0.2, 0) is 4.74 Å². The molecule has 0 spiro atoms. The quantitative estimate of drug-likeness (QED) is 0.874. The molecule has 1 unspecified atom stereocenters. The van der Waals surface area contributed by atoms with E-state index in [0.717, 1.165) is 17.0 Å². The zero-order chi connectivity index (χ0) is 16.0. The highest BCUT2D eigenvalue weighted by Crippen LogP contribution is 2.21. The molecule has 0 aromatic heterocycles. The first-order valence-electron chi connectivity index (χ1n) is 7.09. The number of rotatable bonds is 5. The fourth-order valence-corrected chi connectivity index (χ4v) is 1.85. The van der Waals surface area contributed by atoms with Crippen molar-refractivity contribution in [2.75, 3.05) is 19.0 Å². The van der Waals surface area contributed by atoms with E-state index in [2.05, 4.69) is 10.6 Å². The van der Waals surface area contributed by atoms with E-state index >= 15 is 0 Å². The molecule has 2 N–H and O–H groups in total. The summed E-state index contributed by atoms with van der Waals surface area (Å²) in [6, 6.07) is 5.98. The summed E-state index contributed by atoms with van der Waals surface area (Å²) in [6.07, 6.45) is -0.401. The lowest BCUT2D eigenvalue weighted by Gasteiger charge is -2.21. The van der Waals surface area contributed by atoms with Crippen molar-refractivity contribution in [1.82, 2.24) is 5.32 Å². The average molecular weight is 294 g/mol. The summed E-state index contributed by atoms with van der Waals surface area (Å²) < 4.78 is 10.4. The van der Waals surface area contributed by atoms with E-state index in [9.17, 15) is 4.79 Å². The number of aryl methyl sites for hydroxylation is 1. The topological polar surface area (TPSA) is 59.6 Å². The van der Waals surface area contributed by atoms with E-state index in [1.54, 1.807) is 7.11 Å². The van der Waals surface area contributed by atoms with Gasteiger partial charge in [-0.25, -0.2) is 4.79 Å². The minimum atomic E-state index is -0.478. The van der Waals surface area contributed by atoms with Crippen LogP contribution in [0.5, 0.6) is 5.75 Å². The first kappa shape index (κ1) is 17.1. The molecule has 0 heterocycles. The molecule has 0 bridgehead atoms. The summed E-state index contributed by atoms with van der Waals surface area (Å²) in [5, 5.41) is 6.07. The fraction of sp³-hybridized carbons (Fsp3) is 0.562. The molecule has 5 nitrogen and oxygen atoms in total. The van der Waals surface area contributed by atoms with Gasteiger partial charge >= 0.3 is 6.09 Å². The Kier molecular flexibility index (Phi) is 5.88. The van der Waals surface area contributed by atoms with Crippen molar-refractivity contribution in [2.24, 2.45) is 0 Å². The number of methoxy groups -OCH3 is 1. The van der Waals surface area contributed by atoms with Gasteiger partial charge in [0, 0.05) is 18.3 Å². The van der Waals surface area contributed by atoms with E-state index in [4.69, 9.17) is 9.47 Å². The highest BCUT2D eigenvalue weighted by Gasteiger charge is 2.16. The first-order valence-corrected chi connectivity index (χ1v) is 7.09. The van der Waals surface area contributed by atoms with Crippen LogP contribution in [0.4, 0.5) is 10.5 Å². The minimum absolute atomic E-state index is 0.0883. The second kappa shape index (κ2) is 7.20. The number of ether oxygens (including phenoxy) is 2. The van der Waals surface area contributed by atoms with Crippen molar-refractivity contribution in [3.05, 3.63) is 23.8 Å². The van der Waals surface area contributed by atoms with Crippen LogP contribution < -0.4 is 15.4 Å². The maximum absolute atomic E-state index is 11.6. The summed E-state index contributed by atoms with van der Waals surface area (Å²) in [6.45, 7) is 10.0. The second-order valence-corrected chi connectivity index (χ2v) is 6.11. The Balaban J connectivity index is 2.45. The molecule has 0 aliphatic carbocycles. The molecular weight excluding hydrogens is 268 g/mol. The number of hydrogen-bond donors (Lipinski definition) is 2. The van der Waals surface area contributed by atoms with Gasteiger partial charge in [-0.3, -0.25) is 0 Å². The number of anilines is 1. The Hall–Kier alpha value is -1.91. The van der Waals surface area contributed by atoms with E-state index in [0.29, 0.717) is 6.54 Å². The van der Waals surface area contributed by atoms with Crippen LogP contribution in [0.15, 0.2) is 18.2 Å². The molecule has 0 aliphatic heterocycles. The SMILES string of the molecule is COc1ccc(NC(C)CNC(=O)OC(C)(C)C)cc1C. The lowest BCUT2D eigenvalue weighted by atomic mass is 10.2. The van der Waals surface area contributed by atoms with Gasteiger partial charge < -0.3 is 20.1 Å². The van der Waals surface area contributed by atoms with Crippen LogP contribution in [0.2, 0.25) is 0 Å². The third-order valence-electron chi connectivity index (χ3n) is 2.76. The third-order valence-corrected chi connectivity index (χ3v) is 2.76. The van der Waals surface area contributed by atoms with Crippen LogP contribution in [0, 0.1) is 6.92 Å². The predicted molar refractivity (Wildman–Crippen MR) is 85.1 cm³/mol. The largest absolute Gasteiger partial charge is 0.496 e. The van der Waals surface area contributed by atoms with Crippen molar-refractivity contribution >= 4 is 11.8 Å². The van der Waals surface area contributed by atoms with Gasteiger partial charge in [0.15, 0.2) is 0 Å². The highest BCUT2D eigenvalue weighted by atomic mass is 16.6. The number of benzene rings is 1. The Bertz CT molecular complexity index is 481. The van der Waals surface area contributed by atoms with Crippen LogP contribution in [-0.4, -0.2) is 31.4 Å². The van der Waals surface area contributed by atoms with Gasteiger partial charge in [0.2, 0.25) is 0 Å². The monoisotopic (exact) mass is 294 g/mol. The molecule has 0 saturated carbocycles. The molecule has 0 aliphatic rings. The predicted octanol–water partition coefficient (Wildman–Crippen LogP) is 3.33. The Morgan fingerprint density at radius 1 is 1.33 bits per heavy atom. The van der Waals surface area contributed by atoms with E-state index in [1.807, 2.05) is 52.8 Å². The van der Waals surface area contributed by atoms with E-state index in [1.165, 1.54) is 0 Å². The third kappa shape index (κ3) is 6.38. The molecule has 0 fully saturated rings. The minimum Gasteiger partial charge on any atom is -0.496 e. The number of nitrogens with one attached hydrogen (secondary N) is 2. The van der Waals surface area contributed by atoms with Crippen LogP contribution in [0.1, 0.15) is 33.3 Å². The molecule has 5 heteroatoms. The number of hydrogen-bond acceptors (Lipinski definition) is 4. The lowest BCUT2D eigenvalue weighted by Crippen LogP contribution is -2.38. The van der Waals surface area contributed by atoms with Gasteiger partial charge in [-0.15, -0.1) is 0 Å². The maximum atomic E-state index is 11.6. The summed E-state index contributed by atoms with van der Waals surface area (Å²) in [5.41, 5.74) is 1.58. The van der Waals surface area contributed by atoms with Crippen molar-refractivity contribution in [1.29, 1.82) is 0 Å². The maximum Gasteiger partial charge on any atom is 0.407 e. The average Bonchev–Trinajstić information content (AvgIpc) is 2.34. The van der Waals surface area contributed by atoms with Crippen LogP contribution in [0.25, 0.3) is 0 Å². The summed E-state index contributed by atoms with van der Waals surface area (Å²) in [7, 11) is 1.66. The standard InChI is InChI=1S/C16H26N2O3/c1-11-9-13(7-8-14(11)20-6)18-12(2)10-17-15(19)21-16(3,4)5/h7-9,12,18H,10H2,1-6H3,(H,17,19). The van der Waals surface area contributed by atoms with Crippen LogP contribution >= 0.6 is 0 Å². The molecule has 1 rings (SSSR count). The number of alkyl carbamates (subject to hydrolysis) is 1. The normalized spacial score (nSPS) is 12.5. The van der Waals surface area contributed by atoms with Gasteiger partial charge in [0.1, 0.15) is 11.4 Å². The molecule has 0 saturated heterocycles. The van der Waals surface area contributed by atoms with Crippen LogP contribution in [0.3, 0.4) is 0 Å².